The number of allylic oxidation sites excluding steroid dienone is 1. The molecular weight excluding hydrogens is 1110 g/mol. The van der Waals surface area contributed by atoms with Crippen molar-refractivity contribution in [1.82, 2.24) is 0 Å². The summed E-state index contributed by atoms with van der Waals surface area (Å²) < 4.78 is 94.5. The summed E-state index contributed by atoms with van der Waals surface area (Å²) in [5.41, 5.74) is -2.98. The molecule has 0 aromatic carbocycles. The number of hydrogen-bond donors (Lipinski definition) is 6. The van der Waals surface area contributed by atoms with Gasteiger partial charge in [0.1, 0.15) is 71.9 Å². The van der Waals surface area contributed by atoms with Crippen molar-refractivity contribution in [2.75, 3.05) is 35.0 Å². The van der Waals surface area contributed by atoms with Crippen molar-refractivity contribution in [3.8, 4) is 0 Å². The van der Waals surface area contributed by atoms with Crippen molar-refractivity contribution in [1.29, 1.82) is 0 Å². The maximum atomic E-state index is 13.6. The lowest BCUT2D eigenvalue weighted by atomic mass is 9.43. The Balaban J connectivity index is 0.773. The number of carbonyl (C=O) groups is 2. The molecule has 9 aliphatic rings. The monoisotopic (exact) mass is 1210 g/mol. The van der Waals surface area contributed by atoms with Gasteiger partial charge in [-0.3, -0.25) is 4.79 Å². The summed E-state index contributed by atoms with van der Waals surface area (Å²) in [5, 5.41) is 66.9. The van der Waals surface area contributed by atoms with Gasteiger partial charge in [-0.25, -0.2) is 4.79 Å². The minimum Gasteiger partial charge on any atom is -0.458 e. The molecule has 6 N–H and O–H groups in total. The molecule has 0 bridgehead atoms. The number of Topliss-reactive ketones (excluding diaryl/α,β-unsaturated/α-hetero) is 1. The number of fused-ring (bicyclic) bond motifs is 5. The minimum atomic E-state index is -1.68. The molecular formula is C62H100O23. The Morgan fingerprint density at radius 2 is 1.12 bits per heavy atom. The Kier molecular flexibility index (Phi) is 21.3. The average Bonchev–Trinajstić information content (AvgIpc) is 1.88. The number of ketones is 1. The molecule has 23 heteroatoms. The number of rotatable bonds is 19. The number of carbonyl (C=O) groups excluding carboxylic acids is 2. The van der Waals surface area contributed by atoms with Gasteiger partial charge in [0.25, 0.3) is 0 Å². The standard InChI is InChI=1S/C62H100O23/c1-29(2)30(3)21-46(65)81-45-27-44-59(9)18-16-37(22-36(59)15-19-61(44,69)62(70)20-17-38(31(4)64)60(45,62)10)79-47-23-39(71-11)54(32(5)75-47)82-48-24-40(72-12)55(33(6)76-48)83-49-25-41(73-13)56(34(7)77-49)84-50-26-42(74-14)57(35(8)78-50)85-58-53(68)52(67)51(66)43(28-63)80-58/h15,21,29,32-35,37-45,47-58,63,66-70H,16-20,22-28H2,1-14H3/t32-,33-,34-,35-,37+,38-,39-,40+,41+,42+,43-,44-,45-,47+,48+,49+,50+,51-,52+,53-,54-,55-,56-,57-,58+,59+,60+,61+,62-/m1/s1. The first-order valence-corrected chi connectivity index (χ1v) is 31.0. The van der Waals surface area contributed by atoms with Crippen LogP contribution in [0.3, 0.4) is 0 Å². The summed E-state index contributed by atoms with van der Waals surface area (Å²) >= 11 is 0. The first-order chi connectivity index (χ1) is 40.2. The molecule has 0 aromatic heterocycles. The van der Waals surface area contributed by atoms with Crippen molar-refractivity contribution >= 4 is 11.8 Å². The molecule has 0 aromatic rings. The highest BCUT2D eigenvalue weighted by Gasteiger charge is 2.77. The zero-order valence-electron chi connectivity index (χ0n) is 52.3. The molecule has 0 amide bonds. The normalized spacial score (nSPS) is 49.5. The quantitative estimate of drug-likeness (QED) is 0.0608. The van der Waals surface area contributed by atoms with Crippen LogP contribution >= 0.6 is 0 Å². The fourth-order valence-electron chi connectivity index (χ4n) is 16.2. The van der Waals surface area contributed by atoms with E-state index >= 15 is 0 Å². The highest BCUT2D eigenvalue weighted by molar-refractivity contribution is 5.83. The average molecular weight is 1210 g/mol. The molecule has 5 heterocycles. The van der Waals surface area contributed by atoms with E-state index in [1.807, 2.05) is 48.5 Å². The third-order valence-corrected chi connectivity index (χ3v) is 21.5. The summed E-state index contributed by atoms with van der Waals surface area (Å²) in [6.07, 6.45) is -9.60. The summed E-state index contributed by atoms with van der Waals surface area (Å²) in [4.78, 5) is 26.9. The zero-order valence-corrected chi connectivity index (χ0v) is 52.3. The Bertz CT molecular complexity index is 2340. The lowest BCUT2D eigenvalue weighted by molar-refractivity contribution is -0.358. The number of hydrogen-bond acceptors (Lipinski definition) is 23. The van der Waals surface area contributed by atoms with Crippen LogP contribution in [0.5, 0.6) is 0 Å². The van der Waals surface area contributed by atoms with Crippen LogP contribution in [0.1, 0.15) is 140 Å². The summed E-state index contributed by atoms with van der Waals surface area (Å²) in [7, 11) is 6.38. The Labute approximate surface area is 500 Å². The molecule has 3 saturated carbocycles. The number of esters is 1. The summed E-state index contributed by atoms with van der Waals surface area (Å²) in [5.74, 6) is -1.49. The van der Waals surface area contributed by atoms with Crippen LogP contribution in [0.4, 0.5) is 0 Å². The van der Waals surface area contributed by atoms with Gasteiger partial charge in [0.2, 0.25) is 0 Å². The van der Waals surface area contributed by atoms with Crippen molar-refractivity contribution < 1.29 is 111 Å². The molecule has 85 heavy (non-hydrogen) atoms. The van der Waals surface area contributed by atoms with E-state index in [0.29, 0.717) is 51.4 Å². The molecule has 5 aliphatic heterocycles. The van der Waals surface area contributed by atoms with Crippen LogP contribution in [0.2, 0.25) is 0 Å². The van der Waals surface area contributed by atoms with E-state index in [2.05, 4.69) is 13.0 Å². The summed E-state index contributed by atoms with van der Waals surface area (Å²) in [6, 6.07) is 0. The molecule has 0 unspecified atom stereocenters. The van der Waals surface area contributed by atoms with E-state index in [-0.39, 0.29) is 37.1 Å². The molecule has 5 saturated heterocycles. The van der Waals surface area contributed by atoms with Crippen LogP contribution in [-0.4, -0.2) is 230 Å². The van der Waals surface area contributed by atoms with Crippen LogP contribution in [-0.2, 0) is 80.6 Å². The van der Waals surface area contributed by atoms with E-state index in [4.69, 9.17) is 71.1 Å². The van der Waals surface area contributed by atoms with Crippen molar-refractivity contribution in [2.45, 2.75) is 292 Å². The largest absolute Gasteiger partial charge is 0.458 e. The SMILES string of the molecule is CO[C@H]1C[C@H](O[C@@H]2[C@@H](C)O[C@@H](O[C@H]3CC[C@@]4(C)C(=CC[C@]5(O)[C@@H]4C[C@@H](OC(=O)C=C(C)C(C)C)[C@]4(C)[C@@H](C(C)=O)CC[C@@]45O)C3)C[C@H]2OC)O[C@H](C)[C@H]1O[C@H]1C[C@H](OC)[C@H](O[C@H]2C[C@H](OC)[C@H](O[C@@H]3O[C@H](CO)[C@@H](O)[C@H](O)[C@H]3O)[C@@H](C)O2)[C@@H](C)O1. The second kappa shape index (κ2) is 27.0. The predicted octanol–water partition coefficient (Wildman–Crippen LogP) is 3.83. The van der Waals surface area contributed by atoms with Gasteiger partial charge in [0, 0.05) is 77.4 Å². The number of aliphatic hydroxyl groups is 6. The van der Waals surface area contributed by atoms with E-state index < -0.39 is 182 Å². The molecule has 486 valence electrons. The lowest BCUT2D eigenvalue weighted by Crippen LogP contribution is -2.75. The Hall–Kier alpha value is -2.18. The van der Waals surface area contributed by atoms with Gasteiger partial charge < -0.3 is 102 Å². The molecule has 9 rings (SSSR count). The first kappa shape index (κ1) is 67.2. The van der Waals surface area contributed by atoms with Crippen LogP contribution in [0, 0.1) is 28.6 Å². The van der Waals surface area contributed by atoms with Crippen molar-refractivity contribution in [2.24, 2.45) is 28.6 Å². The molecule has 8 fully saturated rings. The zero-order chi connectivity index (χ0) is 61.8. The van der Waals surface area contributed by atoms with Gasteiger partial charge in [0.05, 0.1) is 61.5 Å². The van der Waals surface area contributed by atoms with Gasteiger partial charge in [-0.1, -0.05) is 44.9 Å². The fraction of sp³-hybridized carbons (Fsp3) is 0.903. The van der Waals surface area contributed by atoms with Gasteiger partial charge >= 0.3 is 5.97 Å². The maximum Gasteiger partial charge on any atom is 0.330 e. The smallest absolute Gasteiger partial charge is 0.330 e. The second-order valence-corrected chi connectivity index (χ2v) is 26.6. The lowest BCUT2D eigenvalue weighted by Gasteiger charge is -2.66. The van der Waals surface area contributed by atoms with Gasteiger partial charge in [0.15, 0.2) is 31.5 Å². The number of methoxy groups -OCH3 is 4. The van der Waals surface area contributed by atoms with Gasteiger partial charge in [-0.2, -0.15) is 0 Å². The molecule has 23 nitrogen and oxygen atoms in total. The first-order valence-electron chi connectivity index (χ1n) is 31.0. The van der Waals surface area contributed by atoms with Crippen LogP contribution < -0.4 is 0 Å². The van der Waals surface area contributed by atoms with E-state index in [0.717, 1.165) is 11.1 Å². The Morgan fingerprint density at radius 3 is 1.56 bits per heavy atom. The highest BCUT2D eigenvalue weighted by Crippen LogP contribution is 2.70. The maximum absolute atomic E-state index is 13.6. The number of ether oxygens (including phenoxy) is 15. The fourth-order valence-corrected chi connectivity index (χ4v) is 16.2. The topological polar surface area (TPSA) is 294 Å². The van der Waals surface area contributed by atoms with Crippen LogP contribution in [0.25, 0.3) is 0 Å². The van der Waals surface area contributed by atoms with E-state index in [9.17, 15) is 40.2 Å². The van der Waals surface area contributed by atoms with Crippen molar-refractivity contribution in [3.05, 3.63) is 23.3 Å². The van der Waals surface area contributed by atoms with Gasteiger partial charge in [-0.15, -0.1) is 0 Å². The van der Waals surface area contributed by atoms with Gasteiger partial charge in [-0.05, 0) is 97.8 Å². The summed E-state index contributed by atoms with van der Waals surface area (Å²) in [6.45, 7) is 18.3. The second-order valence-electron chi connectivity index (χ2n) is 26.6. The predicted molar refractivity (Wildman–Crippen MR) is 300 cm³/mol. The third kappa shape index (κ3) is 12.8. The highest BCUT2D eigenvalue weighted by atomic mass is 16.8. The van der Waals surface area contributed by atoms with Crippen LogP contribution in [0.15, 0.2) is 23.3 Å². The molecule has 29 atom stereocenters. The number of aliphatic hydroxyl groups excluding tert-OH is 4. The Morgan fingerprint density at radius 1 is 0.647 bits per heavy atom. The van der Waals surface area contributed by atoms with Crippen molar-refractivity contribution in [3.63, 3.8) is 0 Å². The molecule has 4 aliphatic carbocycles. The minimum absolute atomic E-state index is 0.0852. The molecule has 0 radical (unpaired) electrons. The third-order valence-electron chi connectivity index (χ3n) is 21.5. The molecule has 0 spiro atoms. The van der Waals surface area contributed by atoms with E-state index in [1.54, 1.807) is 28.3 Å². The van der Waals surface area contributed by atoms with E-state index in [1.165, 1.54) is 20.1 Å².